The standard InChI is InChI=1S/C16H14ClN3O2/c1-2-22-12-8-6-11(7-9-12)18-16(21)15-14(17)13-5-3-4-10-20(13)19-15/h3-10H,2H2,1H3,(H,18,21). The Hall–Kier alpha value is -2.53. The van der Waals surface area contributed by atoms with Crippen molar-refractivity contribution >= 4 is 28.7 Å². The van der Waals surface area contributed by atoms with Gasteiger partial charge in [0.2, 0.25) is 0 Å². The maximum Gasteiger partial charge on any atom is 0.277 e. The smallest absolute Gasteiger partial charge is 0.277 e. The van der Waals surface area contributed by atoms with Crippen LogP contribution in [0.3, 0.4) is 0 Å². The molecule has 0 radical (unpaired) electrons. The van der Waals surface area contributed by atoms with Gasteiger partial charge in [0.15, 0.2) is 5.69 Å². The Labute approximate surface area is 132 Å². The highest BCUT2D eigenvalue weighted by molar-refractivity contribution is 6.37. The number of pyridine rings is 1. The number of aromatic nitrogens is 2. The number of ether oxygens (including phenoxy) is 1. The molecule has 0 bridgehead atoms. The lowest BCUT2D eigenvalue weighted by Crippen LogP contribution is -2.13. The minimum absolute atomic E-state index is 0.196. The maximum atomic E-state index is 12.3. The molecule has 112 valence electrons. The summed E-state index contributed by atoms with van der Waals surface area (Å²) in [5.74, 6) is 0.407. The molecular formula is C16H14ClN3O2. The van der Waals surface area contributed by atoms with Gasteiger partial charge in [-0.05, 0) is 43.3 Å². The number of amides is 1. The van der Waals surface area contributed by atoms with Crippen molar-refractivity contribution in [3.8, 4) is 5.75 Å². The van der Waals surface area contributed by atoms with E-state index in [-0.39, 0.29) is 11.6 Å². The molecule has 0 atom stereocenters. The Kier molecular flexibility index (Phi) is 3.98. The van der Waals surface area contributed by atoms with E-state index < -0.39 is 0 Å². The average molecular weight is 316 g/mol. The zero-order valence-corrected chi connectivity index (χ0v) is 12.7. The number of benzene rings is 1. The lowest BCUT2D eigenvalue weighted by atomic mass is 10.3. The molecule has 6 heteroatoms. The van der Waals surface area contributed by atoms with Crippen molar-refractivity contribution in [1.82, 2.24) is 9.61 Å². The Bertz CT molecular complexity index is 812. The van der Waals surface area contributed by atoms with Crippen molar-refractivity contribution in [2.75, 3.05) is 11.9 Å². The van der Waals surface area contributed by atoms with E-state index in [1.54, 1.807) is 35.0 Å². The fourth-order valence-electron chi connectivity index (χ4n) is 2.11. The molecule has 1 aromatic carbocycles. The third-order valence-corrected chi connectivity index (χ3v) is 3.49. The second-order valence-electron chi connectivity index (χ2n) is 4.60. The molecule has 1 amide bonds. The van der Waals surface area contributed by atoms with Crippen LogP contribution in [-0.4, -0.2) is 22.1 Å². The molecule has 0 aliphatic heterocycles. The molecule has 3 rings (SSSR count). The first-order valence-electron chi connectivity index (χ1n) is 6.86. The van der Waals surface area contributed by atoms with Gasteiger partial charge in [0.25, 0.3) is 5.91 Å². The summed E-state index contributed by atoms with van der Waals surface area (Å²) in [6.07, 6.45) is 1.74. The van der Waals surface area contributed by atoms with E-state index in [0.29, 0.717) is 22.8 Å². The fraction of sp³-hybridized carbons (Fsp3) is 0.125. The van der Waals surface area contributed by atoms with Crippen molar-refractivity contribution in [2.45, 2.75) is 6.92 Å². The first kappa shape index (κ1) is 14.4. The minimum atomic E-state index is -0.349. The minimum Gasteiger partial charge on any atom is -0.494 e. The van der Waals surface area contributed by atoms with Gasteiger partial charge in [-0.15, -0.1) is 0 Å². The highest BCUT2D eigenvalue weighted by Crippen LogP contribution is 2.23. The Balaban J connectivity index is 1.82. The number of halogens is 1. The number of carbonyl (C=O) groups excluding carboxylic acids is 1. The van der Waals surface area contributed by atoms with Gasteiger partial charge in [-0.1, -0.05) is 17.7 Å². The van der Waals surface area contributed by atoms with Crippen LogP contribution in [0.15, 0.2) is 48.7 Å². The predicted molar refractivity (Wildman–Crippen MR) is 85.8 cm³/mol. The van der Waals surface area contributed by atoms with Crippen LogP contribution in [0.4, 0.5) is 5.69 Å². The monoisotopic (exact) mass is 315 g/mol. The van der Waals surface area contributed by atoms with Gasteiger partial charge in [-0.2, -0.15) is 5.10 Å². The average Bonchev–Trinajstić information content (AvgIpc) is 2.87. The van der Waals surface area contributed by atoms with Crippen LogP contribution >= 0.6 is 11.6 Å². The fourth-order valence-corrected chi connectivity index (χ4v) is 2.38. The molecule has 3 aromatic rings. The van der Waals surface area contributed by atoms with Crippen LogP contribution in [0.5, 0.6) is 5.75 Å². The zero-order chi connectivity index (χ0) is 15.5. The van der Waals surface area contributed by atoms with Crippen molar-refractivity contribution < 1.29 is 9.53 Å². The van der Waals surface area contributed by atoms with Crippen molar-refractivity contribution in [2.24, 2.45) is 0 Å². The highest BCUT2D eigenvalue weighted by atomic mass is 35.5. The SMILES string of the molecule is CCOc1ccc(NC(=O)c2nn3ccccc3c2Cl)cc1. The van der Waals surface area contributed by atoms with E-state index in [1.165, 1.54) is 0 Å². The molecule has 0 aliphatic carbocycles. The normalized spacial score (nSPS) is 10.6. The summed E-state index contributed by atoms with van der Waals surface area (Å²) in [7, 11) is 0. The van der Waals surface area contributed by atoms with Gasteiger partial charge < -0.3 is 10.1 Å². The van der Waals surface area contributed by atoms with Gasteiger partial charge in [0, 0.05) is 11.9 Å². The molecule has 0 unspecified atom stereocenters. The molecule has 0 fully saturated rings. The van der Waals surface area contributed by atoms with Crippen LogP contribution in [0.2, 0.25) is 5.02 Å². The second-order valence-corrected chi connectivity index (χ2v) is 4.98. The number of nitrogens with one attached hydrogen (secondary N) is 1. The van der Waals surface area contributed by atoms with Crippen LogP contribution in [-0.2, 0) is 0 Å². The third-order valence-electron chi connectivity index (χ3n) is 3.12. The van der Waals surface area contributed by atoms with Crippen molar-refractivity contribution in [3.05, 3.63) is 59.4 Å². The Morgan fingerprint density at radius 1 is 1.27 bits per heavy atom. The van der Waals surface area contributed by atoms with Gasteiger partial charge >= 0.3 is 0 Å². The van der Waals surface area contributed by atoms with Crippen LogP contribution in [0.25, 0.3) is 5.52 Å². The lowest BCUT2D eigenvalue weighted by molar-refractivity contribution is 0.102. The maximum absolute atomic E-state index is 12.3. The van der Waals surface area contributed by atoms with Crippen LogP contribution < -0.4 is 10.1 Å². The molecule has 5 nitrogen and oxygen atoms in total. The summed E-state index contributed by atoms with van der Waals surface area (Å²) in [6, 6.07) is 12.6. The Morgan fingerprint density at radius 3 is 2.73 bits per heavy atom. The van der Waals surface area contributed by atoms with Crippen molar-refractivity contribution in [1.29, 1.82) is 0 Å². The number of hydrogen-bond acceptors (Lipinski definition) is 3. The summed E-state index contributed by atoms with van der Waals surface area (Å²) in [4.78, 5) is 12.3. The summed E-state index contributed by atoms with van der Waals surface area (Å²) in [6.45, 7) is 2.52. The number of rotatable bonds is 4. The van der Waals surface area contributed by atoms with E-state index in [0.717, 1.165) is 5.75 Å². The molecule has 2 aromatic heterocycles. The number of anilines is 1. The number of carbonyl (C=O) groups is 1. The molecule has 0 spiro atoms. The second kappa shape index (κ2) is 6.07. The highest BCUT2D eigenvalue weighted by Gasteiger charge is 2.17. The Morgan fingerprint density at radius 2 is 2.05 bits per heavy atom. The molecule has 2 heterocycles. The zero-order valence-electron chi connectivity index (χ0n) is 11.9. The van der Waals surface area contributed by atoms with Gasteiger partial charge in [0.1, 0.15) is 5.75 Å². The third kappa shape index (κ3) is 2.76. The molecule has 0 aliphatic rings. The van der Waals surface area contributed by atoms with Crippen LogP contribution in [0, 0.1) is 0 Å². The van der Waals surface area contributed by atoms with Gasteiger partial charge in [-0.3, -0.25) is 4.79 Å². The summed E-state index contributed by atoms with van der Waals surface area (Å²) >= 11 is 6.22. The van der Waals surface area contributed by atoms with E-state index >= 15 is 0 Å². The van der Waals surface area contributed by atoms with E-state index in [4.69, 9.17) is 16.3 Å². The summed E-state index contributed by atoms with van der Waals surface area (Å²) in [5, 5.41) is 7.31. The predicted octanol–water partition coefficient (Wildman–Crippen LogP) is 3.64. The molecular weight excluding hydrogens is 302 g/mol. The first-order valence-corrected chi connectivity index (χ1v) is 7.24. The molecule has 22 heavy (non-hydrogen) atoms. The molecule has 0 saturated carbocycles. The number of fused-ring (bicyclic) bond motifs is 1. The quantitative estimate of drug-likeness (QED) is 0.799. The number of nitrogens with zero attached hydrogens (tertiary/aromatic N) is 2. The lowest BCUT2D eigenvalue weighted by Gasteiger charge is -2.06. The first-order chi connectivity index (χ1) is 10.7. The molecule has 1 N–H and O–H groups in total. The molecule has 0 saturated heterocycles. The van der Waals surface area contributed by atoms with E-state index in [2.05, 4.69) is 10.4 Å². The van der Waals surface area contributed by atoms with Crippen molar-refractivity contribution in [3.63, 3.8) is 0 Å². The summed E-state index contributed by atoms with van der Waals surface area (Å²) < 4.78 is 6.94. The van der Waals surface area contributed by atoms with E-state index in [9.17, 15) is 4.79 Å². The number of hydrogen-bond donors (Lipinski definition) is 1. The van der Waals surface area contributed by atoms with Crippen LogP contribution in [0.1, 0.15) is 17.4 Å². The van der Waals surface area contributed by atoms with E-state index in [1.807, 2.05) is 25.1 Å². The topological polar surface area (TPSA) is 55.6 Å². The van der Waals surface area contributed by atoms with Gasteiger partial charge in [0.05, 0.1) is 17.1 Å². The summed E-state index contributed by atoms with van der Waals surface area (Å²) in [5.41, 5.74) is 1.55. The largest absolute Gasteiger partial charge is 0.494 e. The van der Waals surface area contributed by atoms with Gasteiger partial charge in [-0.25, -0.2) is 4.52 Å².